The maximum absolute atomic E-state index is 13.2. The highest BCUT2D eigenvalue weighted by Crippen LogP contribution is 2.44. The van der Waals surface area contributed by atoms with Gasteiger partial charge in [-0.05, 0) is 50.6 Å². The summed E-state index contributed by atoms with van der Waals surface area (Å²) in [6.07, 6.45) is 6.34. The standard InChI is InChI=1S/C22H38F2N2O3/c1-15(16(2)10-27)5-4-6-20(19-8-7-17(19)9-25-3)21-28-11-18(12-29-21)26-13-22(23,24)14-26/h10,15-21,25H,4-9,11-14H2,1-3H3/t15-,16-,17-,18-,19+,20+,21+/m0/s1. The first-order valence-electron chi connectivity index (χ1n) is 11.3. The second-order valence-corrected chi connectivity index (χ2v) is 9.58. The Bertz CT molecular complexity index is 520. The molecule has 0 spiro atoms. The van der Waals surface area contributed by atoms with Gasteiger partial charge in [0.25, 0.3) is 5.92 Å². The second kappa shape index (κ2) is 10.1. The molecular weight excluding hydrogens is 378 g/mol. The zero-order valence-corrected chi connectivity index (χ0v) is 18.1. The molecule has 0 amide bonds. The van der Waals surface area contributed by atoms with Gasteiger partial charge < -0.3 is 19.6 Å². The van der Waals surface area contributed by atoms with E-state index >= 15 is 0 Å². The lowest BCUT2D eigenvalue weighted by molar-refractivity contribution is -0.261. The van der Waals surface area contributed by atoms with E-state index in [0.717, 1.165) is 32.1 Å². The number of ether oxygens (including phenoxy) is 2. The van der Waals surface area contributed by atoms with Crippen LogP contribution in [0.15, 0.2) is 0 Å². The molecule has 1 saturated carbocycles. The number of likely N-dealkylation sites (tertiary alicyclic amines) is 1. The fourth-order valence-corrected chi connectivity index (χ4v) is 5.07. The molecule has 0 aromatic carbocycles. The van der Waals surface area contributed by atoms with Gasteiger partial charge in [-0.15, -0.1) is 0 Å². The van der Waals surface area contributed by atoms with Crippen molar-refractivity contribution in [1.82, 2.24) is 10.2 Å². The van der Waals surface area contributed by atoms with E-state index in [1.807, 2.05) is 14.0 Å². The van der Waals surface area contributed by atoms with Crippen LogP contribution in [0.5, 0.6) is 0 Å². The number of halogens is 2. The fourth-order valence-electron chi connectivity index (χ4n) is 5.07. The van der Waals surface area contributed by atoms with E-state index in [9.17, 15) is 13.6 Å². The lowest BCUT2D eigenvalue weighted by Gasteiger charge is -2.49. The second-order valence-electron chi connectivity index (χ2n) is 9.58. The molecule has 7 heteroatoms. The Morgan fingerprint density at radius 3 is 2.38 bits per heavy atom. The zero-order valence-electron chi connectivity index (χ0n) is 18.1. The Labute approximate surface area is 173 Å². The highest BCUT2D eigenvalue weighted by atomic mass is 19.3. The summed E-state index contributed by atoms with van der Waals surface area (Å²) < 4.78 is 38.5. The van der Waals surface area contributed by atoms with Crippen LogP contribution in [0.1, 0.15) is 46.0 Å². The van der Waals surface area contributed by atoms with Crippen LogP contribution in [-0.4, -0.2) is 69.3 Å². The van der Waals surface area contributed by atoms with Crippen LogP contribution in [0.3, 0.4) is 0 Å². The quantitative estimate of drug-likeness (QED) is 0.524. The number of alkyl halides is 2. The topological polar surface area (TPSA) is 50.8 Å². The van der Waals surface area contributed by atoms with Crippen molar-refractivity contribution in [2.45, 2.75) is 64.2 Å². The van der Waals surface area contributed by atoms with E-state index in [1.165, 1.54) is 12.8 Å². The number of nitrogens with zero attached hydrogens (tertiary/aromatic N) is 1. The molecule has 0 aromatic rings. The third-order valence-corrected chi connectivity index (χ3v) is 7.44. The van der Waals surface area contributed by atoms with Crippen LogP contribution < -0.4 is 5.32 Å². The number of rotatable bonds is 11. The average Bonchev–Trinajstić information content (AvgIpc) is 2.67. The number of hydrogen-bond donors (Lipinski definition) is 1. The molecule has 0 aromatic heterocycles. The minimum Gasteiger partial charge on any atom is -0.351 e. The lowest BCUT2D eigenvalue weighted by atomic mass is 9.65. The maximum atomic E-state index is 13.2. The number of carbonyl (C=O) groups excluding carboxylic acids is 1. The molecule has 5 atom stereocenters. The number of hydrogen-bond acceptors (Lipinski definition) is 5. The van der Waals surface area contributed by atoms with Gasteiger partial charge in [0.2, 0.25) is 0 Å². The highest BCUT2D eigenvalue weighted by molar-refractivity contribution is 5.53. The summed E-state index contributed by atoms with van der Waals surface area (Å²) in [7, 11) is 1.99. The van der Waals surface area contributed by atoms with E-state index < -0.39 is 5.92 Å². The minimum absolute atomic E-state index is 0.0607. The van der Waals surface area contributed by atoms with Crippen molar-refractivity contribution in [3.05, 3.63) is 0 Å². The van der Waals surface area contributed by atoms with Gasteiger partial charge in [0.1, 0.15) is 6.29 Å². The van der Waals surface area contributed by atoms with Crippen LogP contribution in [0.4, 0.5) is 8.78 Å². The van der Waals surface area contributed by atoms with Crippen molar-refractivity contribution < 1.29 is 23.0 Å². The summed E-state index contributed by atoms with van der Waals surface area (Å²) >= 11 is 0. The van der Waals surface area contributed by atoms with Gasteiger partial charge in [-0.2, -0.15) is 0 Å². The van der Waals surface area contributed by atoms with Crippen molar-refractivity contribution in [1.29, 1.82) is 0 Å². The maximum Gasteiger partial charge on any atom is 0.272 e. The van der Waals surface area contributed by atoms with Crippen LogP contribution >= 0.6 is 0 Å². The first kappa shape index (κ1) is 23.0. The SMILES string of the molecule is CNC[C@@H]1CC[C@H]1[C@@H](CCC[C@H](C)[C@@H](C)C=O)[C@H]1OC[C@@H](N2CC(F)(F)C2)CO1. The first-order valence-corrected chi connectivity index (χ1v) is 11.3. The molecular formula is C22H38F2N2O3. The van der Waals surface area contributed by atoms with Crippen molar-refractivity contribution in [2.24, 2.45) is 29.6 Å². The molecule has 2 heterocycles. The molecule has 0 bridgehead atoms. The fraction of sp³-hybridized carbons (Fsp3) is 0.955. The Morgan fingerprint density at radius 1 is 1.17 bits per heavy atom. The number of carbonyl (C=O) groups is 1. The normalized spacial score (nSPS) is 35.2. The Balaban J connectivity index is 1.52. The molecule has 2 saturated heterocycles. The predicted octanol–water partition coefficient (Wildman–Crippen LogP) is 3.18. The van der Waals surface area contributed by atoms with Crippen LogP contribution in [0.2, 0.25) is 0 Å². The van der Waals surface area contributed by atoms with E-state index in [0.29, 0.717) is 36.9 Å². The Morgan fingerprint density at radius 2 is 1.86 bits per heavy atom. The molecule has 2 aliphatic heterocycles. The third kappa shape index (κ3) is 5.75. The molecule has 1 aliphatic carbocycles. The molecule has 5 nitrogen and oxygen atoms in total. The predicted molar refractivity (Wildman–Crippen MR) is 108 cm³/mol. The third-order valence-electron chi connectivity index (χ3n) is 7.44. The molecule has 3 rings (SSSR count). The minimum atomic E-state index is -2.55. The summed E-state index contributed by atoms with van der Waals surface area (Å²) in [6.45, 7) is 5.71. The van der Waals surface area contributed by atoms with Gasteiger partial charge in [-0.25, -0.2) is 8.78 Å². The number of nitrogens with one attached hydrogen (secondary N) is 1. The van der Waals surface area contributed by atoms with Crippen molar-refractivity contribution in [3.63, 3.8) is 0 Å². The van der Waals surface area contributed by atoms with E-state index in [2.05, 4.69) is 12.2 Å². The smallest absolute Gasteiger partial charge is 0.272 e. The van der Waals surface area contributed by atoms with Crippen molar-refractivity contribution in [3.8, 4) is 0 Å². The zero-order chi connectivity index (χ0) is 21.0. The van der Waals surface area contributed by atoms with E-state index in [1.54, 1.807) is 4.90 Å². The first-order chi connectivity index (χ1) is 13.8. The van der Waals surface area contributed by atoms with Gasteiger partial charge in [0.15, 0.2) is 6.29 Å². The van der Waals surface area contributed by atoms with E-state index in [4.69, 9.17) is 9.47 Å². The Hall–Kier alpha value is -0.630. The molecule has 3 fully saturated rings. The molecule has 168 valence electrons. The largest absolute Gasteiger partial charge is 0.351 e. The summed E-state index contributed by atoms with van der Waals surface area (Å²) in [6, 6.07) is -0.0607. The lowest BCUT2D eigenvalue weighted by Crippen LogP contribution is -2.63. The molecule has 0 radical (unpaired) electrons. The monoisotopic (exact) mass is 416 g/mol. The Kier molecular flexibility index (Phi) is 8.04. The van der Waals surface area contributed by atoms with Gasteiger partial charge in [-0.3, -0.25) is 4.90 Å². The summed E-state index contributed by atoms with van der Waals surface area (Å²) in [5, 5.41) is 3.30. The van der Waals surface area contributed by atoms with E-state index in [-0.39, 0.29) is 31.3 Å². The van der Waals surface area contributed by atoms with Crippen LogP contribution in [0, 0.1) is 29.6 Å². The van der Waals surface area contributed by atoms with Crippen molar-refractivity contribution >= 4 is 6.29 Å². The van der Waals surface area contributed by atoms with Gasteiger partial charge in [0, 0.05) is 11.8 Å². The van der Waals surface area contributed by atoms with Gasteiger partial charge >= 0.3 is 0 Å². The van der Waals surface area contributed by atoms with Crippen molar-refractivity contribution in [2.75, 3.05) is 39.9 Å². The van der Waals surface area contributed by atoms with Crippen LogP contribution in [-0.2, 0) is 14.3 Å². The molecule has 1 N–H and O–H groups in total. The van der Waals surface area contributed by atoms with Crippen LogP contribution in [0.25, 0.3) is 0 Å². The summed E-state index contributed by atoms with van der Waals surface area (Å²) in [5.41, 5.74) is 0. The highest BCUT2D eigenvalue weighted by Gasteiger charge is 2.49. The van der Waals surface area contributed by atoms with Gasteiger partial charge in [-0.1, -0.05) is 26.7 Å². The molecule has 29 heavy (non-hydrogen) atoms. The number of aldehydes is 1. The average molecular weight is 417 g/mol. The van der Waals surface area contributed by atoms with Gasteiger partial charge in [0.05, 0.1) is 32.3 Å². The summed E-state index contributed by atoms with van der Waals surface area (Å²) in [4.78, 5) is 12.8. The molecule has 0 unspecified atom stereocenters. The molecule has 3 aliphatic rings. The summed E-state index contributed by atoms with van der Waals surface area (Å²) in [5.74, 6) is -0.521.